The molecule has 2 N–H and O–H groups in total. The molecular formula is C21H20ClN3O3S. The van der Waals surface area contributed by atoms with Crippen LogP contribution in [-0.2, 0) is 14.4 Å². The molecule has 0 aromatic heterocycles. The summed E-state index contributed by atoms with van der Waals surface area (Å²) < 4.78 is 0. The highest BCUT2D eigenvalue weighted by molar-refractivity contribution is 8.01. The number of carbonyl (C=O) groups excluding carboxylic acids is 3. The lowest BCUT2D eigenvalue weighted by Gasteiger charge is -2.34. The van der Waals surface area contributed by atoms with Crippen molar-refractivity contribution in [3.05, 3.63) is 53.6 Å². The fourth-order valence-electron chi connectivity index (χ4n) is 3.52. The van der Waals surface area contributed by atoms with Gasteiger partial charge in [-0.3, -0.25) is 14.4 Å². The van der Waals surface area contributed by atoms with Gasteiger partial charge in [-0.2, -0.15) is 0 Å². The predicted molar refractivity (Wildman–Crippen MR) is 114 cm³/mol. The van der Waals surface area contributed by atoms with Crippen LogP contribution in [0.4, 0.5) is 11.4 Å². The maximum Gasteiger partial charge on any atom is 0.247 e. The van der Waals surface area contributed by atoms with Gasteiger partial charge in [-0.15, -0.1) is 11.8 Å². The number of nitrogens with zero attached hydrogens (tertiary/aromatic N) is 1. The van der Waals surface area contributed by atoms with Crippen LogP contribution in [0.5, 0.6) is 0 Å². The number of nitrogens with one attached hydrogen (secondary N) is 2. The third kappa shape index (κ3) is 4.41. The molecule has 2 aliphatic heterocycles. The second kappa shape index (κ2) is 8.47. The van der Waals surface area contributed by atoms with E-state index >= 15 is 0 Å². The molecule has 6 nitrogen and oxygen atoms in total. The van der Waals surface area contributed by atoms with Gasteiger partial charge in [0.05, 0.1) is 5.69 Å². The van der Waals surface area contributed by atoms with Gasteiger partial charge in [-0.25, -0.2) is 0 Å². The number of thioether (sulfide) groups is 1. The molecule has 1 saturated heterocycles. The molecule has 1 atom stereocenters. The molecule has 0 radical (unpaired) electrons. The summed E-state index contributed by atoms with van der Waals surface area (Å²) in [4.78, 5) is 40.4. The summed E-state index contributed by atoms with van der Waals surface area (Å²) in [6.45, 7) is 0.924. The molecule has 2 aromatic carbocycles. The van der Waals surface area contributed by atoms with Crippen LogP contribution < -0.4 is 10.6 Å². The summed E-state index contributed by atoms with van der Waals surface area (Å²) in [7, 11) is 0. The van der Waals surface area contributed by atoms with Gasteiger partial charge < -0.3 is 15.5 Å². The molecule has 0 aliphatic carbocycles. The van der Waals surface area contributed by atoms with Gasteiger partial charge >= 0.3 is 0 Å². The van der Waals surface area contributed by atoms with Crippen molar-refractivity contribution in [1.29, 1.82) is 0 Å². The number of likely N-dealkylation sites (tertiary alicyclic amines) is 1. The van der Waals surface area contributed by atoms with Gasteiger partial charge in [0.25, 0.3) is 0 Å². The summed E-state index contributed by atoms with van der Waals surface area (Å²) in [5, 5.41) is 5.53. The number of para-hydroxylation sites is 1. The number of amides is 3. The van der Waals surface area contributed by atoms with Gasteiger partial charge in [0.15, 0.2) is 5.25 Å². The third-order valence-corrected chi connectivity index (χ3v) is 6.65. The van der Waals surface area contributed by atoms with E-state index in [9.17, 15) is 14.4 Å². The van der Waals surface area contributed by atoms with Crippen LogP contribution in [0.1, 0.15) is 12.8 Å². The molecule has 0 unspecified atom stereocenters. The average Bonchev–Trinajstić information content (AvgIpc) is 2.74. The minimum atomic E-state index is -0.788. The Morgan fingerprint density at radius 2 is 1.76 bits per heavy atom. The average molecular weight is 430 g/mol. The highest BCUT2D eigenvalue weighted by atomic mass is 35.5. The number of benzene rings is 2. The Labute approximate surface area is 178 Å². The Kier molecular flexibility index (Phi) is 5.78. The van der Waals surface area contributed by atoms with E-state index in [0.717, 1.165) is 10.6 Å². The minimum absolute atomic E-state index is 0.0573. The highest BCUT2D eigenvalue weighted by Crippen LogP contribution is 2.36. The Morgan fingerprint density at radius 3 is 2.48 bits per heavy atom. The second-order valence-electron chi connectivity index (χ2n) is 7.08. The minimum Gasteiger partial charge on any atom is -0.341 e. The van der Waals surface area contributed by atoms with E-state index < -0.39 is 5.25 Å². The van der Waals surface area contributed by atoms with Crippen LogP contribution in [0.3, 0.4) is 0 Å². The van der Waals surface area contributed by atoms with Crippen molar-refractivity contribution in [2.45, 2.75) is 23.0 Å². The van der Waals surface area contributed by atoms with Gasteiger partial charge in [-0.05, 0) is 49.2 Å². The van der Waals surface area contributed by atoms with Crippen molar-refractivity contribution < 1.29 is 14.4 Å². The fraction of sp³-hybridized carbons (Fsp3) is 0.286. The lowest BCUT2D eigenvalue weighted by molar-refractivity contribution is -0.136. The number of piperidine rings is 1. The molecule has 0 bridgehead atoms. The lowest BCUT2D eigenvalue weighted by atomic mass is 9.95. The van der Waals surface area contributed by atoms with Crippen LogP contribution in [0, 0.1) is 5.92 Å². The molecular weight excluding hydrogens is 410 g/mol. The van der Waals surface area contributed by atoms with Crippen molar-refractivity contribution >= 4 is 52.5 Å². The van der Waals surface area contributed by atoms with E-state index in [-0.39, 0.29) is 23.6 Å². The monoisotopic (exact) mass is 429 g/mol. The van der Waals surface area contributed by atoms with Crippen molar-refractivity contribution in [2.75, 3.05) is 23.7 Å². The zero-order valence-corrected chi connectivity index (χ0v) is 17.1. The van der Waals surface area contributed by atoms with Crippen LogP contribution in [0.15, 0.2) is 53.4 Å². The van der Waals surface area contributed by atoms with Gasteiger partial charge in [-0.1, -0.05) is 23.7 Å². The zero-order valence-electron chi connectivity index (χ0n) is 15.6. The largest absolute Gasteiger partial charge is 0.341 e. The van der Waals surface area contributed by atoms with Gasteiger partial charge in [0.2, 0.25) is 17.7 Å². The van der Waals surface area contributed by atoms with Crippen molar-refractivity contribution in [2.24, 2.45) is 5.92 Å². The topological polar surface area (TPSA) is 78.5 Å². The van der Waals surface area contributed by atoms with E-state index in [1.54, 1.807) is 29.2 Å². The number of anilines is 2. The number of fused-ring (bicyclic) bond motifs is 1. The standard InChI is InChI=1S/C21H20ClN3O3S/c22-14-5-7-15(8-6-14)23-19(26)13-9-11-25(12-10-13)21(28)18-20(27)24-16-3-1-2-4-17(16)29-18/h1-8,13,18H,9-12H2,(H,23,26)(H,24,27)/t18-/m0/s1. The van der Waals surface area contributed by atoms with Crippen LogP contribution >= 0.6 is 23.4 Å². The number of hydrogen-bond donors (Lipinski definition) is 2. The maximum atomic E-state index is 12.9. The zero-order chi connectivity index (χ0) is 20.4. The molecule has 2 heterocycles. The summed E-state index contributed by atoms with van der Waals surface area (Å²) in [5.74, 6) is -0.707. The molecule has 0 saturated carbocycles. The van der Waals surface area contributed by atoms with Crippen LogP contribution in [-0.4, -0.2) is 41.0 Å². The van der Waals surface area contributed by atoms with Crippen molar-refractivity contribution in [1.82, 2.24) is 4.90 Å². The first-order valence-corrected chi connectivity index (χ1v) is 10.7. The van der Waals surface area contributed by atoms with E-state index in [1.165, 1.54) is 11.8 Å². The third-order valence-electron chi connectivity index (χ3n) is 5.14. The highest BCUT2D eigenvalue weighted by Gasteiger charge is 2.37. The molecule has 8 heteroatoms. The molecule has 1 fully saturated rings. The Hall–Kier alpha value is -2.51. The first-order valence-electron chi connectivity index (χ1n) is 9.43. The number of rotatable bonds is 3. The fourth-order valence-corrected chi connectivity index (χ4v) is 4.72. The SMILES string of the molecule is O=C(Nc1ccc(Cl)cc1)C1CCN(C(=O)[C@H]2Sc3ccccc3NC2=O)CC1. The first kappa shape index (κ1) is 19.8. The quantitative estimate of drug-likeness (QED) is 0.730. The van der Waals surface area contributed by atoms with Crippen LogP contribution in [0.2, 0.25) is 5.02 Å². The number of halogens is 1. The normalized spacial score (nSPS) is 19.3. The summed E-state index contributed by atoms with van der Waals surface area (Å²) >= 11 is 7.15. The van der Waals surface area contributed by atoms with Crippen molar-refractivity contribution in [3.8, 4) is 0 Å². The predicted octanol–water partition coefficient (Wildman–Crippen LogP) is 3.63. The Balaban J connectivity index is 1.33. The van der Waals surface area contributed by atoms with Crippen LogP contribution in [0.25, 0.3) is 0 Å². The number of hydrogen-bond acceptors (Lipinski definition) is 4. The summed E-state index contributed by atoms with van der Waals surface area (Å²) in [6.07, 6.45) is 1.14. The van der Waals surface area contributed by atoms with E-state index in [0.29, 0.717) is 36.6 Å². The van der Waals surface area contributed by atoms with Gasteiger partial charge in [0, 0.05) is 34.6 Å². The lowest BCUT2D eigenvalue weighted by Crippen LogP contribution is -2.48. The van der Waals surface area contributed by atoms with Crippen molar-refractivity contribution in [3.63, 3.8) is 0 Å². The Bertz CT molecular complexity index is 942. The Morgan fingerprint density at radius 1 is 1.07 bits per heavy atom. The van der Waals surface area contributed by atoms with E-state index in [1.807, 2.05) is 24.3 Å². The maximum absolute atomic E-state index is 12.9. The number of carbonyl (C=O) groups is 3. The molecule has 150 valence electrons. The second-order valence-corrected chi connectivity index (χ2v) is 8.66. The first-order chi connectivity index (χ1) is 14.0. The molecule has 4 rings (SSSR count). The smallest absolute Gasteiger partial charge is 0.247 e. The molecule has 29 heavy (non-hydrogen) atoms. The molecule has 2 aliphatic rings. The molecule has 3 amide bonds. The van der Waals surface area contributed by atoms with E-state index in [4.69, 9.17) is 11.6 Å². The van der Waals surface area contributed by atoms with Gasteiger partial charge in [0.1, 0.15) is 0 Å². The summed E-state index contributed by atoms with van der Waals surface area (Å²) in [5.41, 5.74) is 1.44. The molecule has 2 aromatic rings. The summed E-state index contributed by atoms with van der Waals surface area (Å²) in [6, 6.07) is 14.4. The van der Waals surface area contributed by atoms with E-state index in [2.05, 4.69) is 10.6 Å². The molecule has 0 spiro atoms.